The molecular formula is C17H20N4O. The second-order valence-electron chi connectivity index (χ2n) is 5.93. The molecule has 1 aromatic carbocycles. The molecule has 1 aromatic heterocycles. The Labute approximate surface area is 130 Å². The third-order valence-corrected chi connectivity index (χ3v) is 3.48. The number of hydrogen-bond acceptors (Lipinski definition) is 4. The Morgan fingerprint density at radius 3 is 2.36 bits per heavy atom. The molecule has 1 fully saturated rings. The molecule has 1 amide bonds. The largest absolute Gasteiger partial charge is 0.348 e. The molecule has 0 radical (unpaired) electrons. The van der Waals surface area contributed by atoms with Crippen molar-refractivity contribution in [3.8, 4) is 0 Å². The molecular weight excluding hydrogens is 276 g/mol. The Morgan fingerprint density at radius 1 is 1.05 bits per heavy atom. The highest BCUT2D eigenvalue weighted by molar-refractivity contribution is 5.93. The van der Waals surface area contributed by atoms with E-state index in [1.807, 2.05) is 12.1 Å². The molecule has 0 unspecified atom stereocenters. The Kier molecular flexibility index (Phi) is 3.79. The van der Waals surface area contributed by atoms with E-state index in [0.29, 0.717) is 23.4 Å². The lowest BCUT2D eigenvalue weighted by atomic mass is 10.1. The van der Waals surface area contributed by atoms with Gasteiger partial charge in [-0.3, -0.25) is 4.79 Å². The van der Waals surface area contributed by atoms with Crippen LogP contribution in [0.1, 0.15) is 40.3 Å². The summed E-state index contributed by atoms with van der Waals surface area (Å²) in [4.78, 5) is 20.7. The van der Waals surface area contributed by atoms with Gasteiger partial charge in [0, 0.05) is 17.8 Å². The van der Waals surface area contributed by atoms with E-state index in [1.165, 1.54) is 11.1 Å². The van der Waals surface area contributed by atoms with Crippen LogP contribution in [0.5, 0.6) is 0 Å². The molecule has 0 bridgehead atoms. The van der Waals surface area contributed by atoms with Crippen molar-refractivity contribution in [2.75, 3.05) is 5.32 Å². The molecule has 0 spiro atoms. The number of aromatic nitrogens is 2. The highest BCUT2D eigenvalue weighted by Gasteiger charge is 2.24. The Morgan fingerprint density at radius 2 is 1.73 bits per heavy atom. The fourth-order valence-electron chi connectivity index (χ4n) is 2.43. The van der Waals surface area contributed by atoms with Crippen LogP contribution < -0.4 is 10.6 Å². The molecule has 2 N–H and O–H groups in total. The fraction of sp³-hybridized carbons (Fsp3) is 0.353. The number of benzene rings is 1. The van der Waals surface area contributed by atoms with Gasteiger partial charge in [0.1, 0.15) is 17.3 Å². The monoisotopic (exact) mass is 296 g/mol. The molecule has 22 heavy (non-hydrogen) atoms. The second kappa shape index (κ2) is 5.75. The summed E-state index contributed by atoms with van der Waals surface area (Å²) in [6.45, 7) is 5.90. The van der Waals surface area contributed by atoms with Crippen LogP contribution in [0.15, 0.2) is 24.3 Å². The molecule has 3 rings (SSSR count). The van der Waals surface area contributed by atoms with Crippen molar-refractivity contribution < 1.29 is 4.79 Å². The quantitative estimate of drug-likeness (QED) is 0.910. The van der Waals surface area contributed by atoms with Crippen LogP contribution in [0.4, 0.5) is 11.5 Å². The third-order valence-electron chi connectivity index (χ3n) is 3.48. The van der Waals surface area contributed by atoms with E-state index in [0.717, 1.165) is 18.5 Å². The number of carbonyl (C=O) groups is 1. The normalized spacial score (nSPS) is 13.8. The van der Waals surface area contributed by atoms with E-state index >= 15 is 0 Å². The number of anilines is 2. The molecule has 1 saturated carbocycles. The fourth-order valence-corrected chi connectivity index (χ4v) is 2.43. The van der Waals surface area contributed by atoms with Crippen LogP contribution in [-0.2, 0) is 0 Å². The second-order valence-corrected chi connectivity index (χ2v) is 5.93. The minimum Gasteiger partial charge on any atom is -0.348 e. The third kappa shape index (κ3) is 3.61. The van der Waals surface area contributed by atoms with Gasteiger partial charge in [-0.2, -0.15) is 0 Å². The van der Waals surface area contributed by atoms with Crippen LogP contribution in [-0.4, -0.2) is 21.9 Å². The Balaban J connectivity index is 1.83. The topological polar surface area (TPSA) is 66.9 Å². The summed E-state index contributed by atoms with van der Waals surface area (Å²) in [5.41, 5.74) is 3.73. The summed E-state index contributed by atoms with van der Waals surface area (Å²) >= 11 is 0. The SMILES string of the molecule is Cc1cc(C)cc(Nc2cc(C(=O)NC3CC3)nc(C)n2)c1. The van der Waals surface area contributed by atoms with Crippen molar-refractivity contribution in [1.29, 1.82) is 0 Å². The van der Waals surface area contributed by atoms with E-state index in [-0.39, 0.29) is 5.91 Å². The lowest BCUT2D eigenvalue weighted by Gasteiger charge is -2.10. The zero-order valence-electron chi connectivity index (χ0n) is 13.1. The van der Waals surface area contributed by atoms with Crippen LogP contribution >= 0.6 is 0 Å². The molecule has 0 saturated heterocycles. The highest BCUT2D eigenvalue weighted by Crippen LogP contribution is 2.21. The summed E-state index contributed by atoms with van der Waals surface area (Å²) in [5.74, 6) is 1.09. The lowest BCUT2D eigenvalue weighted by Crippen LogP contribution is -2.26. The molecule has 2 aromatic rings. The van der Waals surface area contributed by atoms with E-state index in [9.17, 15) is 4.79 Å². The lowest BCUT2D eigenvalue weighted by molar-refractivity contribution is 0.0945. The molecule has 1 heterocycles. The number of amides is 1. The standard InChI is InChI=1S/C17H20N4O/c1-10-6-11(2)8-14(7-10)20-16-9-15(18-12(3)19-16)17(22)21-13-4-5-13/h6-9,13H,4-5H2,1-3H3,(H,21,22)(H,18,19,20). The van der Waals surface area contributed by atoms with Crippen LogP contribution in [0.2, 0.25) is 0 Å². The van der Waals surface area contributed by atoms with Gasteiger partial charge in [-0.05, 0) is 56.9 Å². The van der Waals surface area contributed by atoms with Gasteiger partial charge >= 0.3 is 0 Å². The summed E-state index contributed by atoms with van der Waals surface area (Å²) in [5, 5.41) is 6.21. The molecule has 1 aliphatic carbocycles. The van der Waals surface area contributed by atoms with Gasteiger partial charge in [0.05, 0.1) is 0 Å². The zero-order valence-corrected chi connectivity index (χ0v) is 13.1. The first-order chi connectivity index (χ1) is 10.5. The number of nitrogens with zero attached hydrogens (tertiary/aromatic N) is 2. The maximum atomic E-state index is 12.1. The summed E-state index contributed by atoms with van der Waals surface area (Å²) in [6, 6.07) is 8.23. The van der Waals surface area contributed by atoms with Gasteiger partial charge < -0.3 is 10.6 Å². The predicted octanol–water partition coefficient (Wildman–Crippen LogP) is 3.04. The molecule has 5 heteroatoms. The van der Waals surface area contributed by atoms with Crippen molar-refractivity contribution >= 4 is 17.4 Å². The van der Waals surface area contributed by atoms with Crippen LogP contribution in [0.25, 0.3) is 0 Å². The van der Waals surface area contributed by atoms with Crippen molar-refractivity contribution in [3.05, 3.63) is 46.9 Å². The van der Waals surface area contributed by atoms with E-state index < -0.39 is 0 Å². The van der Waals surface area contributed by atoms with Crippen LogP contribution in [0.3, 0.4) is 0 Å². The first-order valence-corrected chi connectivity index (χ1v) is 7.51. The molecule has 0 aliphatic heterocycles. The van der Waals surface area contributed by atoms with Crippen molar-refractivity contribution in [2.24, 2.45) is 0 Å². The maximum absolute atomic E-state index is 12.1. The van der Waals surface area contributed by atoms with Gasteiger partial charge in [-0.15, -0.1) is 0 Å². The average molecular weight is 296 g/mol. The first-order valence-electron chi connectivity index (χ1n) is 7.51. The highest BCUT2D eigenvalue weighted by atomic mass is 16.2. The van der Waals surface area contributed by atoms with Gasteiger partial charge in [0.25, 0.3) is 5.91 Å². The number of carbonyl (C=O) groups excluding carboxylic acids is 1. The minimum atomic E-state index is -0.128. The van der Waals surface area contributed by atoms with Gasteiger partial charge in [-0.25, -0.2) is 9.97 Å². The molecule has 0 atom stereocenters. The van der Waals surface area contributed by atoms with E-state index in [4.69, 9.17) is 0 Å². The number of aryl methyl sites for hydroxylation is 3. The van der Waals surface area contributed by atoms with Crippen molar-refractivity contribution in [3.63, 3.8) is 0 Å². The Bertz CT molecular complexity index is 702. The van der Waals surface area contributed by atoms with E-state index in [2.05, 4.69) is 40.5 Å². The summed E-state index contributed by atoms with van der Waals surface area (Å²) in [7, 11) is 0. The average Bonchev–Trinajstić information content (AvgIpc) is 3.20. The van der Waals surface area contributed by atoms with Crippen LogP contribution in [0, 0.1) is 20.8 Å². The Hall–Kier alpha value is -2.43. The predicted molar refractivity (Wildman–Crippen MR) is 86.5 cm³/mol. The zero-order chi connectivity index (χ0) is 15.7. The smallest absolute Gasteiger partial charge is 0.270 e. The number of rotatable bonds is 4. The molecule has 114 valence electrons. The first kappa shape index (κ1) is 14.5. The van der Waals surface area contributed by atoms with Gasteiger partial charge in [0.15, 0.2) is 0 Å². The van der Waals surface area contributed by atoms with Gasteiger partial charge in [0.2, 0.25) is 0 Å². The van der Waals surface area contributed by atoms with Crippen molar-refractivity contribution in [2.45, 2.75) is 39.7 Å². The summed E-state index contributed by atoms with van der Waals surface area (Å²) in [6.07, 6.45) is 2.12. The number of nitrogens with one attached hydrogen (secondary N) is 2. The molecule has 5 nitrogen and oxygen atoms in total. The summed E-state index contributed by atoms with van der Waals surface area (Å²) < 4.78 is 0. The maximum Gasteiger partial charge on any atom is 0.270 e. The molecule has 1 aliphatic rings. The van der Waals surface area contributed by atoms with Crippen molar-refractivity contribution in [1.82, 2.24) is 15.3 Å². The van der Waals surface area contributed by atoms with E-state index in [1.54, 1.807) is 13.0 Å². The van der Waals surface area contributed by atoms with Gasteiger partial charge in [-0.1, -0.05) is 6.07 Å². The number of hydrogen-bond donors (Lipinski definition) is 2. The minimum absolute atomic E-state index is 0.128.